The Labute approximate surface area is 183 Å². The van der Waals surface area contributed by atoms with Crippen LogP contribution in [0.3, 0.4) is 0 Å². The van der Waals surface area contributed by atoms with Crippen LogP contribution in [-0.4, -0.2) is 21.5 Å². The van der Waals surface area contributed by atoms with Gasteiger partial charge < -0.3 is 10.2 Å². The Morgan fingerprint density at radius 1 is 0.806 bits per heavy atom. The van der Waals surface area contributed by atoms with Gasteiger partial charge in [-0.2, -0.15) is 0 Å². The summed E-state index contributed by atoms with van der Waals surface area (Å²) in [7, 11) is 0. The molecule has 31 heavy (non-hydrogen) atoms. The van der Waals surface area contributed by atoms with Crippen LogP contribution in [0.25, 0.3) is 11.5 Å². The molecule has 0 saturated carbocycles. The van der Waals surface area contributed by atoms with Gasteiger partial charge in [0.25, 0.3) is 0 Å². The molecular weight excluding hydrogens is 382 g/mol. The molecule has 0 aliphatic carbocycles. The zero-order chi connectivity index (χ0) is 21.6. The molecule has 0 fully saturated rings. The van der Waals surface area contributed by atoms with Crippen molar-refractivity contribution in [1.82, 2.24) is 15.0 Å². The first-order valence-corrected chi connectivity index (χ1v) is 10.6. The summed E-state index contributed by atoms with van der Waals surface area (Å²) in [5.41, 5.74) is 6.36. The molecule has 0 radical (unpaired) electrons. The van der Waals surface area contributed by atoms with E-state index in [0.29, 0.717) is 12.4 Å². The van der Waals surface area contributed by atoms with Crippen molar-refractivity contribution >= 4 is 17.2 Å². The van der Waals surface area contributed by atoms with Crippen LogP contribution in [0.15, 0.2) is 79.0 Å². The maximum Gasteiger partial charge on any atom is 0.180 e. The van der Waals surface area contributed by atoms with Crippen molar-refractivity contribution in [2.24, 2.45) is 0 Å². The zero-order valence-electron chi connectivity index (χ0n) is 18.2. The largest absolute Gasteiger partial charge is 0.366 e. The van der Waals surface area contributed by atoms with Crippen molar-refractivity contribution in [3.8, 4) is 11.5 Å². The summed E-state index contributed by atoms with van der Waals surface area (Å²) in [6.07, 6.45) is 1.76. The molecule has 5 nitrogen and oxygen atoms in total. The Morgan fingerprint density at radius 2 is 1.52 bits per heavy atom. The molecule has 0 atom stereocenters. The number of nitrogens with one attached hydrogen (secondary N) is 1. The third-order valence-electron chi connectivity index (χ3n) is 5.38. The van der Waals surface area contributed by atoms with Crippen LogP contribution >= 0.6 is 0 Å². The van der Waals surface area contributed by atoms with Crippen LogP contribution in [0.1, 0.15) is 23.7 Å². The van der Waals surface area contributed by atoms with Crippen LogP contribution in [0.5, 0.6) is 0 Å². The SMILES string of the molecule is CCN(c1ccccc1)c1ccc(CNc2nc(-c3ccccn3)nc(C)c2C)cc1. The van der Waals surface area contributed by atoms with Gasteiger partial charge >= 0.3 is 0 Å². The molecule has 4 aromatic rings. The van der Waals surface area contributed by atoms with E-state index in [2.05, 4.69) is 75.6 Å². The average Bonchev–Trinajstić information content (AvgIpc) is 2.82. The Bertz CT molecular complexity index is 1130. The third kappa shape index (κ3) is 4.72. The second kappa shape index (κ2) is 9.39. The van der Waals surface area contributed by atoms with E-state index in [4.69, 9.17) is 4.98 Å². The second-order valence-electron chi connectivity index (χ2n) is 7.42. The Morgan fingerprint density at radius 3 is 2.19 bits per heavy atom. The van der Waals surface area contributed by atoms with E-state index >= 15 is 0 Å². The lowest BCUT2D eigenvalue weighted by Gasteiger charge is -2.23. The van der Waals surface area contributed by atoms with Gasteiger partial charge in [-0.3, -0.25) is 4.98 Å². The predicted octanol–water partition coefficient (Wildman–Crippen LogP) is 5.93. The molecule has 0 saturated heterocycles. The van der Waals surface area contributed by atoms with Crippen molar-refractivity contribution in [2.75, 3.05) is 16.8 Å². The highest BCUT2D eigenvalue weighted by molar-refractivity contribution is 5.63. The minimum absolute atomic E-state index is 0.642. The first kappa shape index (κ1) is 20.5. The lowest BCUT2D eigenvalue weighted by molar-refractivity contribution is 1.01. The Kier molecular flexibility index (Phi) is 6.22. The van der Waals surface area contributed by atoms with Crippen LogP contribution in [0.2, 0.25) is 0 Å². The van der Waals surface area contributed by atoms with E-state index in [1.54, 1.807) is 6.20 Å². The van der Waals surface area contributed by atoms with Crippen molar-refractivity contribution in [3.05, 3.63) is 95.8 Å². The molecule has 4 rings (SSSR count). The number of pyridine rings is 1. The second-order valence-corrected chi connectivity index (χ2v) is 7.42. The highest BCUT2D eigenvalue weighted by Crippen LogP contribution is 2.26. The quantitative estimate of drug-likeness (QED) is 0.410. The summed E-state index contributed by atoms with van der Waals surface area (Å²) in [6, 6.07) is 24.9. The van der Waals surface area contributed by atoms with Gasteiger partial charge in [0.05, 0.1) is 0 Å². The number of nitrogens with zero attached hydrogens (tertiary/aromatic N) is 4. The number of rotatable bonds is 7. The topological polar surface area (TPSA) is 53.9 Å². The van der Waals surface area contributed by atoms with Gasteiger partial charge in [-0.1, -0.05) is 36.4 Å². The smallest absolute Gasteiger partial charge is 0.180 e. The molecule has 2 aromatic carbocycles. The molecule has 0 aliphatic rings. The molecule has 0 bridgehead atoms. The van der Waals surface area contributed by atoms with Gasteiger partial charge in [0.15, 0.2) is 5.82 Å². The van der Waals surface area contributed by atoms with Gasteiger partial charge in [0.2, 0.25) is 0 Å². The zero-order valence-corrected chi connectivity index (χ0v) is 18.2. The molecule has 156 valence electrons. The molecule has 5 heteroatoms. The average molecular weight is 410 g/mol. The van der Waals surface area contributed by atoms with Crippen molar-refractivity contribution in [1.29, 1.82) is 0 Å². The van der Waals surface area contributed by atoms with Gasteiger partial charge in [0.1, 0.15) is 11.5 Å². The standard InChI is InChI=1S/C26H27N5/c1-4-31(22-10-6-5-7-11-22)23-15-13-21(14-16-23)18-28-25-19(2)20(3)29-26(30-25)24-12-8-9-17-27-24/h5-17H,4,18H2,1-3H3,(H,28,29,30). The van der Waals surface area contributed by atoms with Gasteiger partial charge in [-0.25, -0.2) is 9.97 Å². The summed E-state index contributed by atoms with van der Waals surface area (Å²) in [6.45, 7) is 7.82. The monoisotopic (exact) mass is 409 g/mol. The number of benzene rings is 2. The van der Waals surface area contributed by atoms with E-state index in [1.807, 2.05) is 38.1 Å². The van der Waals surface area contributed by atoms with Crippen LogP contribution < -0.4 is 10.2 Å². The number of anilines is 3. The fraction of sp³-hybridized carbons (Fsp3) is 0.192. The number of para-hydroxylation sites is 1. The summed E-state index contributed by atoms with van der Waals surface area (Å²) in [5.74, 6) is 1.49. The minimum atomic E-state index is 0.642. The molecule has 0 aliphatic heterocycles. The number of aromatic nitrogens is 3. The number of aryl methyl sites for hydroxylation is 1. The fourth-order valence-electron chi connectivity index (χ4n) is 3.51. The molecule has 0 unspecified atom stereocenters. The molecule has 2 aromatic heterocycles. The van der Waals surface area contributed by atoms with Crippen LogP contribution in [0, 0.1) is 13.8 Å². The van der Waals surface area contributed by atoms with Crippen molar-refractivity contribution in [2.45, 2.75) is 27.3 Å². The first-order valence-electron chi connectivity index (χ1n) is 10.6. The van der Waals surface area contributed by atoms with Crippen molar-refractivity contribution < 1.29 is 0 Å². The molecule has 2 heterocycles. The number of hydrogen-bond acceptors (Lipinski definition) is 5. The molecule has 0 spiro atoms. The minimum Gasteiger partial charge on any atom is -0.366 e. The maximum atomic E-state index is 4.72. The van der Waals surface area contributed by atoms with E-state index in [9.17, 15) is 0 Å². The molecule has 1 N–H and O–H groups in total. The van der Waals surface area contributed by atoms with Crippen LogP contribution in [-0.2, 0) is 6.54 Å². The van der Waals surface area contributed by atoms with E-state index in [-0.39, 0.29) is 0 Å². The number of hydrogen-bond donors (Lipinski definition) is 1. The van der Waals surface area contributed by atoms with Crippen molar-refractivity contribution in [3.63, 3.8) is 0 Å². The summed E-state index contributed by atoms with van der Waals surface area (Å²) in [4.78, 5) is 16.0. The maximum absolute atomic E-state index is 4.72. The summed E-state index contributed by atoms with van der Waals surface area (Å²) < 4.78 is 0. The third-order valence-corrected chi connectivity index (χ3v) is 5.38. The lowest BCUT2D eigenvalue weighted by atomic mass is 10.1. The van der Waals surface area contributed by atoms with E-state index < -0.39 is 0 Å². The lowest BCUT2D eigenvalue weighted by Crippen LogP contribution is -2.15. The molecular formula is C26H27N5. The van der Waals surface area contributed by atoms with Gasteiger partial charge in [-0.05, 0) is 62.7 Å². The van der Waals surface area contributed by atoms with Gasteiger partial charge in [-0.15, -0.1) is 0 Å². The highest BCUT2D eigenvalue weighted by Gasteiger charge is 2.11. The Balaban J connectivity index is 1.50. The summed E-state index contributed by atoms with van der Waals surface area (Å²) in [5, 5.41) is 3.48. The molecule has 0 amide bonds. The van der Waals surface area contributed by atoms with E-state index in [0.717, 1.165) is 29.3 Å². The summed E-state index contributed by atoms with van der Waals surface area (Å²) >= 11 is 0. The fourth-order valence-corrected chi connectivity index (χ4v) is 3.51. The normalized spacial score (nSPS) is 10.7. The Hall–Kier alpha value is -3.73. The first-order chi connectivity index (χ1) is 15.2. The van der Waals surface area contributed by atoms with Crippen LogP contribution in [0.4, 0.5) is 17.2 Å². The highest BCUT2D eigenvalue weighted by atomic mass is 15.1. The van der Waals surface area contributed by atoms with E-state index in [1.165, 1.54) is 16.9 Å². The predicted molar refractivity (Wildman–Crippen MR) is 128 cm³/mol. The van der Waals surface area contributed by atoms with Gasteiger partial charge in [0, 0.05) is 41.9 Å².